The van der Waals surface area contributed by atoms with Gasteiger partial charge in [0.15, 0.2) is 0 Å². The molecule has 0 fully saturated rings. The summed E-state index contributed by atoms with van der Waals surface area (Å²) in [6.07, 6.45) is 0. The quantitative estimate of drug-likeness (QED) is 0.649. The lowest BCUT2D eigenvalue weighted by molar-refractivity contribution is 0.344. The van der Waals surface area contributed by atoms with E-state index in [4.69, 9.17) is 10.5 Å². The minimum Gasteiger partial charge on any atom is -0.493 e. The number of halogens is 3. The van der Waals surface area contributed by atoms with Crippen molar-refractivity contribution in [3.8, 4) is 5.75 Å². The van der Waals surface area contributed by atoms with Crippen LogP contribution in [0.15, 0.2) is 21.1 Å². The molecular weight excluding hydrogens is 366 g/mol. The van der Waals surface area contributed by atoms with Gasteiger partial charge in [-0.1, -0.05) is 15.9 Å². The lowest BCUT2D eigenvalue weighted by Gasteiger charge is -2.07. The second kappa shape index (κ2) is 5.22. The molecule has 0 saturated heterocycles. The molecule has 0 saturated carbocycles. The topological polar surface area (TPSA) is 35.2 Å². The van der Waals surface area contributed by atoms with Crippen molar-refractivity contribution >= 4 is 53.5 Å². The van der Waals surface area contributed by atoms with Gasteiger partial charge in [-0.25, -0.2) is 0 Å². The second-order valence-corrected chi connectivity index (χ2v) is 4.84. The van der Waals surface area contributed by atoms with Gasteiger partial charge in [-0.3, -0.25) is 0 Å². The number of nitrogen functional groups attached to an aromatic ring is 1. The van der Waals surface area contributed by atoms with Crippen molar-refractivity contribution < 1.29 is 4.74 Å². The van der Waals surface area contributed by atoms with Crippen LogP contribution in [-0.4, -0.2) is 11.9 Å². The Morgan fingerprint density at radius 1 is 1.23 bits per heavy atom. The van der Waals surface area contributed by atoms with Crippen LogP contribution < -0.4 is 10.5 Å². The first-order valence-electron chi connectivity index (χ1n) is 3.58. The Hall–Kier alpha value is 0.260. The third kappa shape index (κ3) is 3.14. The molecule has 72 valence electrons. The number of hydrogen-bond donors (Lipinski definition) is 1. The Labute approximate surface area is 102 Å². The smallest absolute Gasteiger partial charge is 0.121 e. The molecule has 1 rings (SSSR count). The first-order chi connectivity index (χ1) is 6.15. The molecule has 0 aliphatic heterocycles. The molecule has 0 radical (unpaired) electrons. The van der Waals surface area contributed by atoms with E-state index < -0.39 is 0 Å². The van der Waals surface area contributed by atoms with Gasteiger partial charge in [0.05, 0.1) is 12.3 Å². The molecular formula is C8H8Br3NO. The number of rotatable bonds is 3. The molecule has 2 N–H and O–H groups in total. The summed E-state index contributed by atoms with van der Waals surface area (Å²) < 4.78 is 7.09. The number of nitrogens with two attached hydrogens (primary N) is 1. The largest absolute Gasteiger partial charge is 0.493 e. The van der Waals surface area contributed by atoms with Gasteiger partial charge in [-0.15, -0.1) is 0 Å². The second-order valence-electron chi connectivity index (χ2n) is 2.34. The highest BCUT2D eigenvalue weighted by Gasteiger charge is 2.04. The van der Waals surface area contributed by atoms with E-state index in [1.54, 1.807) is 0 Å². The molecule has 5 heteroatoms. The van der Waals surface area contributed by atoms with Crippen LogP contribution in [0.4, 0.5) is 5.69 Å². The Bertz CT molecular complexity index is 280. The Balaban J connectivity index is 2.86. The number of benzene rings is 1. The first-order valence-corrected chi connectivity index (χ1v) is 6.29. The zero-order valence-electron chi connectivity index (χ0n) is 6.69. The maximum absolute atomic E-state index is 5.72. The van der Waals surface area contributed by atoms with Gasteiger partial charge in [0.2, 0.25) is 0 Å². The fraction of sp³-hybridized carbons (Fsp3) is 0.250. The van der Waals surface area contributed by atoms with Crippen LogP contribution in [0.1, 0.15) is 0 Å². The fourth-order valence-corrected chi connectivity index (χ4v) is 2.11. The first kappa shape index (κ1) is 11.3. The van der Waals surface area contributed by atoms with E-state index in [0.29, 0.717) is 12.3 Å². The molecule has 0 heterocycles. The van der Waals surface area contributed by atoms with Crippen LogP contribution in [0, 0.1) is 0 Å². The monoisotopic (exact) mass is 371 g/mol. The molecule has 0 unspecified atom stereocenters. The minimum absolute atomic E-state index is 0.642. The van der Waals surface area contributed by atoms with Crippen LogP contribution in [0.5, 0.6) is 5.75 Å². The lowest BCUT2D eigenvalue weighted by atomic mass is 10.3. The summed E-state index contributed by atoms with van der Waals surface area (Å²) in [6, 6.07) is 3.70. The van der Waals surface area contributed by atoms with Crippen molar-refractivity contribution in [1.29, 1.82) is 0 Å². The third-order valence-corrected chi connectivity index (χ3v) is 3.03. The Morgan fingerprint density at radius 3 is 2.23 bits per heavy atom. The van der Waals surface area contributed by atoms with Crippen molar-refractivity contribution in [2.75, 3.05) is 17.7 Å². The van der Waals surface area contributed by atoms with Gasteiger partial charge in [0.25, 0.3) is 0 Å². The zero-order chi connectivity index (χ0) is 9.84. The molecule has 0 aliphatic rings. The molecule has 0 amide bonds. The molecule has 0 aliphatic carbocycles. The summed E-state index contributed by atoms with van der Waals surface area (Å²) in [4.78, 5) is 0. The van der Waals surface area contributed by atoms with Gasteiger partial charge in [-0.05, 0) is 44.0 Å². The molecule has 1 aromatic rings. The van der Waals surface area contributed by atoms with Gasteiger partial charge in [0.1, 0.15) is 5.75 Å². The van der Waals surface area contributed by atoms with Gasteiger partial charge in [0, 0.05) is 14.3 Å². The average molecular weight is 374 g/mol. The molecule has 0 aromatic heterocycles. The summed E-state index contributed by atoms with van der Waals surface area (Å²) in [5.74, 6) is 0.799. The van der Waals surface area contributed by atoms with Crippen LogP contribution in [-0.2, 0) is 0 Å². The van der Waals surface area contributed by atoms with Crippen LogP contribution in [0.25, 0.3) is 0 Å². The van der Waals surface area contributed by atoms with Crippen molar-refractivity contribution in [3.63, 3.8) is 0 Å². The fourth-order valence-electron chi connectivity index (χ4n) is 0.801. The number of anilines is 1. The predicted molar refractivity (Wildman–Crippen MR) is 65.5 cm³/mol. The van der Waals surface area contributed by atoms with E-state index in [-0.39, 0.29) is 0 Å². The van der Waals surface area contributed by atoms with E-state index in [1.165, 1.54) is 0 Å². The van der Waals surface area contributed by atoms with Crippen LogP contribution in [0.3, 0.4) is 0 Å². The molecule has 13 heavy (non-hydrogen) atoms. The molecule has 1 aromatic carbocycles. The maximum atomic E-state index is 5.72. The van der Waals surface area contributed by atoms with Gasteiger partial charge in [-0.2, -0.15) is 0 Å². The van der Waals surface area contributed by atoms with Crippen LogP contribution in [0.2, 0.25) is 0 Å². The number of ether oxygens (including phenoxy) is 1. The summed E-state index contributed by atoms with van der Waals surface area (Å²) in [6.45, 7) is 0.642. The average Bonchev–Trinajstić information content (AvgIpc) is 2.10. The summed E-state index contributed by atoms with van der Waals surface area (Å²) >= 11 is 9.97. The summed E-state index contributed by atoms with van der Waals surface area (Å²) in [5.41, 5.74) is 6.41. The van der Waals surface area contributed by atoms with E-state index >= 15 is 0 Å². The standard InChI is InChI=1S/C8H8Br3NO/c9-1-2-13-5-3-6(10)8(12)7(11)4-5/h3-4H,1-2,12H2. The number of hydrogen-bond acceptors (Lipinski definition) is 2. The van der Waals surface area contributed by atoms with Gasteiger partial charge >= 0.3 is 0 Å². The highest BCUT2D eigenvalue weighted by Crippen LogP contribution is 2.32. The van der Waals surface area contributed by atoms with Gasteiger partial charge < -0.3 is 10.5 Å². The maximum Gasteiger partial charge on any atom is 0.121 e. The van der Waals surface area contributed by atoms with Crippen molar-refractivity contribution in [2.45, 2.75) is 0 Å². The van der Waals surface area contributed by atoms with E-state index in [1.807, 2.05) is 12.1 Å². The van der Waals surface area contributed by atoms with Crippen molar-refractivity contribution in [2.24, 2.45) is 0 Å². The molecule has 0 spiro atoms. The highest BCUT2D eigenvalue weighted by atomic mass is 79.9. The van der Waals surface area contributed by atoms with E-state index in [9.17, 15) is 0 Å². The highest BCUT2D eigenvalue weighted by molar-refractivity contribution is 9.11. The lowest BCUT2D eigenvalue weighted by Crippen LogP contribution is -1.98. The van der Waals surface area contributed by atoms with Crippen LogP contribution >= 0.6 is 47.8 Å². The SMILES string of the molecule is Nc1c(Br)cc(OCCBr)cc1Br. The zero-order valence-corrected chi connectivity index (χ0v) is 11.4. The normalized spacial score (nSPS) is 10.1. The summed E-state index contributed by atoms with van der Waals surface area (Å²) in [7, 11) is 0. The van der Waals surface area contributed by atoms with E-state index in [2.05, 4.69) is 47.8 Å². The number of alkyl halides is 1. The molecule has 2 nitrogen and oxygen atoms in total. The Morgan fingerprint density at radius 2 is 1.77 bits per heavy atom. The van der Waals surface area contributed by atoms with Crippen molar-refractivity contribution in [1.82, 2.24) is 0 Å². The third-order valence-electron chi connectivity index (χ3n) is 1.40. The molecule has 0 bridgehead atoms. The van der Waals surface area contributed by atoms with Crippen molar-refractivity contribution in [3.05, 3.63) is 21.1 Å². The van der Waals surface area contributed by atoms with E-state index in [0.717, 1.165) is 20.0 Å². The minimum atomic E-state index is 0.642. The predicted octanol–water partition coefficient (Wildman–Crippen LogP) is 3.57. The Kier molecular flexibility index (Phi) is 4.55. The summed E-state index contributed by atoms with van der Waals surface area (Å²) in [5, 5.41) is 0.812. The molecule has 0 atom stereocenters.